The van der Waals surface area contributed by atoms with E-state index in [4.69, 9.17) is 4.74 Å². The molecule has 4 heterocycles. The van der Waals surface area contributed by atoms with Crippen LogP contribution < -0.4 is 10.9 Å². The molecule has 0 spiro atoms. The molecule has 12 heteroatoms. The fourth-order valence-electron chi connectivity index (χ4n) is 5.02. The van der Waals surface area contributed by atoms with Gasteiger partial charge in [0.05, 0.1) is 36.4 Å². The summed E-state index contributed by atoms with van der Waals surface area (Å²) < 4.78 is 38.7. The Kier molecular flexibility index (Phi) is 6.56. The van der Waals surface area contributed by atoms with Crippen LogP contribution >= 0.6 is 0 Å². The quantitative estimate of drug-likeness (QED) is 0.347. The highest BCUT2D eigenvalue weighted by molar-refractivity contribution is 6.04. The molecule has 204 valence electrons. The highest BCUT2D eigenvalue weighted by Gasteiger charge is 2.27. The zero-order chi connectivity index (χ0) is 28.0. The maximum atomic E-state index is 15.4. The summed E-state index contributed by atoms with van der Waals surface area (Å²) >= 11 is 0. The minimum Gasteiger partial charge on any atom is -0.389 e. The van der Waals surface area contributed by atoms with Crippen LogP contribution in [0, 0.1) is 11.6 Å². The molecule has 3 aromatic heterocycles. The molecular weight excluding hydrogens is 522 g/mol. The van der Waals surface area contributed by atoms with E-state index in [1.54, 1.807) is 30.1 Å². The number of halogens is 2. The molecule has 0 aliphatic carbocycles. The standard InChI is InChI=1S/C28H24F2N6O4/c1-35-11-17-16(3-2-4-22(17)34-35)15-9-20(29)18(21(30)10-15)12-36-13-19(25-26(28(36)39)32-7-6-31-25)27(38)33-23-5-8-40-14-24(23)37/h2-4,6-7,9-11,13,23-24,37H,5,8,12,14H2,1H3,(H,33,38)/t23-,24-/m0/s1. The molecular formula is C28H24F2N6O4. The van der Waals surface area contributed by atoms with Gasteiger partial charge in [0.1, 0.15) is 17.2 Å². The number of nitrogens with zero attached hydrogens (tertiary/aromatic N) is 5. The van der Waals surface area contributed by atoms with Gasteiger partial charge in [0.15, 0.2) is 5.52 Å². The normalized spacial score (nSPS) is 17.4. The topological polar surface area (TPSA) is 124 Å². The third kappa shape index (κ3) is 4.61. The van der Waals surface area contributed by atoms with Crippen molar-refractivity contribution < 1.29 is 23.4 Å². The molecule has 0 saturated carbocycles. The Balaban J connectivity index is 1.38. The van der Waals surface area contributed by atoms with Gasteiger partial charge in [-0.3, -0.25) is 19.3 Å². The van der Waals surface area contributed by atoms with Crippen molar-refractivity contribution in [3.8, 4) is 11.1 Å². The van der Waals surface area contributed by atoms with Crippen LogP contribution in [0.4, 0.5) is 8.78 Å². The number of hydrogen-bond donors (Lipinski definition) is 2. The van der Waals surface area contributed by atoms with Gasteiger partial charge < -0.3 is 19.7 Å². The van der Waals surface area contributed by atoms with Gasteiger partial charge in [-0.05, 0) is 35.7 Å². The van der Waals surface area contributed by atoms with E-state index in [0.29, 0.717) is 29.7 Å². The van der Waals surface area contributed by atoms with Gasteiger partial charge in [0, 0.05) is 49.4 Å². The number of pyridine rings is 1. The van der Waals surface area contributed by atoms with Crippen molar-refractivity contribution in [3.63, 3.8) is 0 Å². The van der Waals surface area contributed by atoms with E-state index in [2.05, 4.69) is 20.4 Å². The van der Waals surface area contributed by atoms with Gasteiger partial charge in [0.25, 0.3) is 11.5 Å². The molecule has 10 nitrogen and oxygen atoms in total. The maximum Gasteiger partial charge on any atom is 0.279 e. The summed E-state index contributed by atoms with van der Waals surface area (Å²) in [5, 5.41) is 18.0. The molecule has 1 fully saturated rings. The smallest absolute Gasteiger partial charge is 0.279 e. The zero-order valence-electron chi connectivity index (χ0n) is 21.3. The Morgan fingerprint density at radius 3 is 2.65 bits per heavy atom. The fraction of sp³-hybridized carbons (Fsp3) is 0.250. The maximum absolute atomic E-state index is 15.4. The fourth-order valence-corrected chi connectivity index (χ4v) is 5.02. The molecule has 1 amide bonds. The van der Waals surface area contributed by atoms with Crippen LogP contribution in [-0.2, 0) is 18.3 Å². The van der Waals surface area contributed by atoms with E-state index < -0.39 is 41.8 Å². The lowest BCUT2D eigenvalue weighted by molar-refractivity contribution is -0.0260. The number of rotatable bonds is 5. The van der Waals surface area contributed by atoms with Crippen molar-refractivity contribution in [2.75, 3.05) is 13.2 Å². The van der Waals surface area contributed by atoms with Crippen molar-refractivity contribution in [3.05, 3.63) is 88.2 Å². The molecule has 0 bridgehead atoms. The molecule has 40 heavy (non-hydrogen) atoms. The third-order valence-electron chi connectivity index (χ3n) is 7.03. The summed E-state index contributed by atoms with van der Waals surface area (Å²) in [6, 6.07) is 7.19. The molecule has 5 aromatic rings. The van der Waals surface area contributed by atoms with E-state index >= 15 is 8.78 Å². The largest absolute Gasteiger partial charge is 0.389 e. The number of aliphatic hydroxyl groups excluding tert-OH is 1. The summed E-state index contributed by atoms with van der Waals surface area (Å²) in [7, 11) is 1.76. The number of nitrogens with one attached hydrogen (secondary N) is 1. The van der Waals surface area contributed by atoms with Gasteiger partial charge in [-0.15, -0.1) is 0 Å². The van der Waals surface area contributed by atoms with E-state index in [0.717, 1.165) is 9.95 Å². The first-order chi connectivity index (χ1) is 19.3. The molecule has 6 rings (SSSR count). The first kappa shape index (κ1) is 25.7. The van der Waals surface area contributed by atoms with E-state index in [9.17, 15) is 14.7 Å². The number of aliphatic hydroxyl groups is 1. The van der Waals surface area contributed by atoms with Crippen molar-refractivity contribution in [1.82, 2.24) is 29.6 Å². The summed E-state index contributed by atoms with van der Waals surface area (Å²) in [5.74, 6) is -2.30. The Morgan fingerprint density at radius 1 is 1.15 bits per heavy atom. The summed E-state index contributed by atoms with van der Waals surface area (Å²) in [6.07, 6.45) is 5.12. The Hall–Kier alpha value is -4.55. The number of fused-ring (bicyclic) bond motifs is 2. The second kappa shape index (κ2) is 10.2. The summed E-state index contributed by atoms with van der Waals surface area (Å²) in [4.78, 5) is 34.7. The van der Waals surface area contributed by atoms with E-state index in [-0.39, 0.29) is 28.8 Å². The van der Waals surface area contributed by atoms with Gasteiger partial charge in [0.2, 0.25) is 0 Å². The van der Waals surface area contributed by atoms with Gasteiger partial charge >= 0.3 is 0 Å². The van der Waals surface area contributed by atoms with Crippen LogP contribution in [-0.4, -0.2) is 60.7 Å². The molecule has 1 saturated heterocycles. The molecule has 0 unspecified atom stereocenters. The van der Waals surface area contributed by atoms with Crippen molar-refractivity contribution in [1.29, 1.82) is 0 Å². The monoisotopic (exact) mass is 546 g/mol. The lowest BCUT2D eigenvalue weighted by Crippen LogP contribution is -2.49. The second-order valence-electron chi connectivity index (χ2n) is 9.70. The van der Waals surface area contributed by atoms with Gasteiger partial charge in [-0.25, -0.2) is 13.8 Å². The van der Waals surface area contributed by atoms with Gasteiger partial charge in [-0.1, -0.05) is 12.1 Å². The molecule has 1 aliphatic heterocycles. The first-order valence-electron chi connectivity index (χ1n) is 12.6. The number of carbonyl (C=O) groups excluding carboxylic acids is 1. The molecule has 2 N–H and O–H groups in total. The minimum atomic E-state index is -0.903. The van der Waals surface area contributed by atoms with Gasteiger partial charge in [-0.2, -0.15) is 5.10 Å². The van der Waals surface area contributed by atoms with Crippen LogP contribution in [0.15, 0.2) is 59.9 Å². The SMILES string of the molecule is Cn1cc2c(-c3cc(F)c(Cn4cc(C(=O)N[C@H]5CCOC[C@@H]5O)c5nccnc5c4=O)c(F)c3)cccc2n1. The lowest BCUT2D eigenvalue weighted by atomic mass is 9.99. The van der Waals surface area contributed by atoms with E-state index in [1.165, 1.54) is 30.7 Å². The Morgan fingerprint density at radius 2 is 1.90 bits per heavy atom. The molecule has 2 atom stereocenters. The van der Waals surface area contributed by atoms with Crippen molar-refractivity contribution in [2.24, 2.45) is 7.05 Å². The number of aromatic nitrogens is 5. The summed E-state index contributed by atoms with van der Waals surface area (Å²) in [6.45, 7) is -0.0404. The Bertz CT molecular complexity index is 1810. The average molecular weight is 547 g/mol. The highest BCUT2D eigenvalue weighted by atomic mass is 19.1. The van der Waals surface area contributed by atoms with Crippen molar-refractivity contribution >= 4 is 27.8 Å². The molecule has 1 aliphatic rings. The second-order valence-corrected chi connectivity index (χ2v) is 9.70. The summed E-state index contributed by atoms with van der Waals surface area (Å²) in [5.41, 5.74) is 0.529. The third-order valence-corrected chi connectivity index (χ3v) is 7.03. The minimum absolute atomic E-state index is 0.0120. The average Bonchev–Trinajstić information content (AvgIpc) is 3.33. The number of carbonyl (C=O) groups is 1. The number of hydrogen-bond acceptors (Lipinski definition) is 7. The Labute approximate surface area is 225 Å². The lowest BCUT2D eigenvalue weighted by Gasteiger charge is -2.28. The van der Waals surface area contributed by atoms with Crippen LogP contribution in [0.25, 0.3) is 33.1 Å². The number of benzene rings is 2. The number of ether oxygens (including phenoxy) is 1. The van der Waals surface area contributed by atoms with Crippen LogP contribution in [0.3, 0.4) is 0 Å². The first-order valence-corrected chi connectivity index (χ1v) is 12.6. The van der Waals surface area contributed by atoms with Crippen LogP contribution in [0.1, 0.15) is 22.3 Å². The molecule has 0 radical (unpaired) electrons. The predicted molar refractivity (Wildman–Crippen MR) is 142 cm³/mol. The van der Waals surface area contributed by atoms with E-state index in [1.807, 2.05) is 6.07 Å². The predicted octanol–water partition coefficient (Wildman–Crippen LogP) is 2.55. The highest BCUT2D eigenvalue weighted by Crippen LogP contribution is 2.31. The number of amides is 1. The van der Waals surface area contributed by atoms with Crippen LogP contribution in [0.2, 0.25) is 0 Å². The van der Waals surface area contributed by atoms with Crippen LogP contribution in [0.5, 0.6) is 0 Å². The zero-order valence-corrected chi connectivity index (χ0v) is 21.3. The van der Waals surface area contributed by atoms with Crippen molar-refractivity contribution in [2.45, 2.75) is 25.1 Å². The molecule has 2 aromatic carbocycles. The number of aryl methyl sites for hydroxylation is 1.